The van der Waals surface area contributed by atoms with Gasteiger partial charge in [-0.3, -0.25) is 0 Å². The first-order valence-electron chi connectivity index (χ1n) is 9.46. The molecule has 0 aromatic heterocycles. The molecule has 0 saturated heterocycles. The molecule has 3 aromatic carbocycles. The fourth-order valence-electron chi connectivity index (χ4n) is 4.63. The van der Waals surface area contributed by atoms with Crippen molar-refractivity contribution in [3.63, 3.8) is 0 Å². The third-order valence-corrected chi connectivity index (χ3v) is 5.94. The summed E-state index contributed by atoms with van der Waals surface area (Å²) in [6.07, 6.45) is 7.11. The molecule has 0 heterocycles. The Kier molecular flexibility index (Phi) is 3.76. The van der Waals surface area contributed by atoms with Gasteiger partial charge in [0.15, 0.2) is 0 Å². The molecule has 2 atom stereocenters. The molecule has 3 aromatic rings. The zero-order valence-electron chi connectivity index (χ0n) is 14.7. The highest BCUT2D eigenvalue weighted by Crippen LogP contribution is 2.44. The minimum Gasteiger partial charge on any atom is -0.388 e. The molecule has 0 bridgehead atoms. The summed E-state index contributed by atoms with van der Waals surface area (Å²) in [4.78, 5) is 0. The van der Waals surface area contributed by atoms with Gasteiger partial charge in [-0.25, -0.2) is 0 Å². The van der Waals surface area contributed by atoms with Gasteiger partial charge in [0.2, 0.25) is 0 Å². The SMILES string of the molecule is OC(c1ccccc1)C1CC=Cc2c1ccc1c2CCc2ccccc2-1. The van der Waals surface area contributed by atoms with Crippen LogP contribution in [-0.4, -0.2) is 5.11 Å². The molecule has 0 fully saturated rings. The first kappa shape index (κ1) is 15.6. The molecule has 1 heteroatoms. The number of fused-ring (bicyclic) bond motifs is 5. The maximum Gasteiger partial charge on any atom is 0.0861 e. The van der Waals surface area contributed by atoms with Crippen molar-refractivity contribution in [3.05, 3.63) is 101 Å². The van der Waals surface area contributed by atoms with E-state index in [0.717, 1.165) is 24.8 Å². The number of aliphatic hydroxyl groups excluding tert-OH is 1. The minimum atomic E-state index is -0.464. The van der Waals surface area contributed by atoms with Crippen LogP contribution < -0.4 is 0 Å². The number of rotatable bonds is 2. The highest BCUT2D eigenvalue weighted by atomic mass is 16.3. The summed E-state index contributed by atoms with van der Waals surface area (Å²) in [5.41, 5.74) is 9.26. The number of hydrogen-bond donors (Lipinski definition) is 1. The Morgan fingerprint density at radius 1 is 0.808 bits per heavy atom. The van der Waals surface area contributed by atoms with Crippen molar-refractivity contribution in [2.75, 3.05) is 0 Å². The Morgan fingerprint density at radius 2 is 1.62 bits per heavy atom. The van der Waals surface area contributed by atoms with Crippen LogP contribution in [0.25, 0.3) is 17.2 Å². The van der Waals surface area contributed by atoms with Crippen LogP contribution in [0.5, 0.6) is 0 Å². The second kappa shape index (κ2) is 6.26. The number of aliphatic hydroxyl groups is 1. The van der Waals surface area contributed by atoms with E-state index in [2.05, 4.69) is 48.6 Å². The molecule has 0 radical (unpaired) electrons. The van der Waals surface area contributed by atoms with Gasteiger partial charge in [-0.1, -0.05) is 78.9 Å². The minimum absolute atomic E-state index is 0.125. The van der Waals surface area contributed by atoms with Crippen LogP contribution >= 0.6 is 0 Å². The lowest BCUT2D eigenvalue weighted by atomic mass is 9.75. The quantitative estimate of drug-likeness (QED) is 0.637. The van der Waals surface area contributed by atoms with Crippen LogP contribution in [0.1, 0.15) is 46.3 Å². The molecule has 2 aliphatic carbocycles. The average Bonchev–Trinajstić information content (AvgIpc) is 2.73. The van der Waals surface area contributed by atoms with E-state index in [4.69, 9.17) is 0 Å². The standard InChI is InChI=1S/C25H22O/c26-25(18-8-2-1-3-9-18)24-12-6-11-20-22-14-13-17-7-4-5-10-19(17)21(22)15-16-23(20)24/h1-11,15-16,24-26H,12-14H2. The Labute approximate surface area is 154 Å². The van der Waals surface area contributed by atoms with Crippen molar-refractivity contribution < 1.29 is 5.11 Å². The molecule has 0 spiro atoms. The molecular weight excluding hydrogens is 316 g/mol. The summed E-state index contributed by atoms with van der Waals surface area (Å²) in [5.74, 6) is 0.125. The fraction of sp³-hybridized carbons (Fsp3) is 0.200. The molecule has 1 nitrogen and oxygen atoms in total. The van der Waals surface area contributed by atoms with Crippen LogP contribution in [0.2, 0.25) is 0 Å². The first-order chi connectivity index (χ1) is 12.8. The van der Waals surface area contributed by atoms with Crippen LogP contribution in [0.15, 0.2) is 72.8 Å². The van der Waals surface area contributed by atoms with E-state index in [0.29, 0.717) is 0 Å². The van der Waals surface area contributed by atoms with E-state index in [-0.39, 0.29) is 5.92 Å². The number of aryl methyl sites for hydroxylation is 1. The molecule has 0 saturated carbocycles. The van der Waals surface area contributed by atoms with Crippen molar-refractivity contribution in [2.45, 2.75) is 31.3 Å². The largest absolute Gasteiger partial charge is 0.388 e. The number of hydrogen-bond acceptors (Lipinski definition) is 1. The fourth-order valence-corrected chi connectivity index (χ4v) is 4.63. The van der Waals surface area contributed by atoms with Gasteiger partial charge in [0.25, 0.3) is 0 Å². The van der Waals surface area contributed by atoms with Gasteiger partial charge in [0.05, 0.1) is 6.10 Å². The molecule has 0 aliphatic heterocycles. The normalized spacial score (nSPS) is 18.6. The first-order valence-corrected chi connectivity index (χ1v) is 9.46. The molecule has 1 N–H and O–H groups in total. The Morgan fingerprint density at radius 3 is 2.50 bits per heavy atom. The molecule has 5 rings (SSSR count). The smallest absolute Gasteiger partial charge is 0.0861 e. The van der Waals surface area contributed by atoms with Crippen molar-refractivity contribution >= 4 is 6.08 Å². The summed E-state index contributed by atoms with van der Waals surface area (Å²) in [6, 6.07) is 23.3. The summed E-state index contributed by atoms with van der Waals surface area (Å²) in [5, 5.41) is 11.0. The number of benzene rings is 3. The second-order valence-corrected chi connectivity index (χ2v) is 7.35. The van der Waals surface area contributed by atoms with Gasteiger partial charge < -0.3 is 5.11 Å². The Balaban J connectivity index is 1.61. The zero-order chi connectivity index (χ0) is 17.5. The van der Waals surface area contributed by atoms with E-state index in [1.807, 2.05) is 30.3 Å². The third-order valence-electron chi connectivity index (χ3n) is 5.94. The predicted octanol–water partition coefficient (Wildman–Crippen LogP) is 5.69. The lowest BCUT2D eigenvalue weighted by Crippen LogP contribution is -2.16. The maximum absolute atomic E-state index is 11.0. The van der Waals surface area contributed by atoms with Gasteiger partial charge in [0, 0.05) is 5.92 Å². The van der Waals surface area contributed by atoms with Crippen molar-refractivity contribution in [1.29, 1.82) is 0 Å². The van der Waals surface area contributed by atoms with E-state index >= 15 is 0 Å². The second-order valence-electron chi connectivity index (χ2n) is 7.35. The van der Waals surface area contributed by atoms with E-state index in [1.165, 1.54) is 33.4 Å². The van der Waals surface area contributed by atoms with Gasteiger partial charge in [-0.05, 0) is 58.2 Å². The Bertz CT molecular complexity index is 984. The van der Waals surface area contributed by atoms with Gasteiger partial charge in [-0.2, -0.15) is 0 Å². The predicted molar refractivity (Wildman–Crippen MR) is 107 cm³/mol. The molecular formula is C25H22O. The van der Waals surface area contributed by atoms with Crippen LogP contribution in [-0.2, 0) is 12.8 Å². The molecule has 128 valence electrons. The summed E-state index contributed by atoms with van der Waals surface area (Å²) < 4.78 is 0. The van der Waals surface area contributed by atoms with Crippen molar-refractivity contribution in [1.82, 2.24) is 0 Å². The zero-order valence-corrected chi connectivity index (χ0v) is 14.7. The van der Waals surface area contributed by atoms with E-state index in [9.17, 15) is 5.11 Å². The van der Waals surface area contributed by atoms with Crippen molar-refractivity contribution in [3.8, 4) is 11.1 Å². The van der Waals surface area contributed by atoms with Crippen LogP contribution in [0.4, 0.5) is 0 Å². The lowest BCUT2D eigenvalue weighted by molar-refractivity contribution is 0.145. The van der Waals surface area contributed by atoms with E-state index < -0.39 is 6.10 Å². The van der Waals surface area contributed by atoms with Gasteiger partial charge >= 0.3 is 0 Å². The molecule has 26 heavy (non-hydrogen) atoms. The van der Waals surface area contributed by atoms with Crippen molar-refractivity contribution in [2.24, 2.45) is 0 Å². The van der Waals surface area contributed by atoms with Crippen LogP contribution in [0, 0.1) is 0 Å². The lowest BCUT2D eigenvalue weighted by Gasteiger charge is -2.31. The van der Waals surface area contributed by atoms with Gasteiger partial charge in [-0.15, -0.1) is 0 Å². The van der Waals surface area contributed by atoms with Crippen LogP contribution in [0.3, 0.4) is 0 Å². The average molecular weight is 338 g/mol. The van der Waals surface area contributed by atoms with Gasteiger partial charge in [0.1, 0.15) is 0 Å². The topological polar surface area (TPSA) is 20.2 Å². The third kappa shape index (κ3) is 2.43. The maximum atomic E-state index is 11.0. The number of allylic oxidation sites excluding steroid dienone is 1. The Hall–Kier alpha value is -2.64. The monoisotopic (exact) mass is 338 g/mol. The summed E-state index contributed by atoms with van der Waals surface area (Å²) in [6.45, 7) is 0. The van der Waals surface area contributed by atoms with E-state index in [1.54, 1.807) is 0 Å². The molecule has 2 unspecified atom stereocenters. The molecule has 2 aliphatic rings. The summed E-state index contributed by atoms with van der Waals surface area (Å²) >= 11 is 0. The summed E-state index contributed by atoms with van der Waals surface area (Å²) in [7, 11) is 0. The highest BCUT2D eigenvalue weighted by molar-refractivity contribution is 5.79. The molecule has 0 amide bonds. The highest BCUT2D eigenvalue weighted by Gasteiger charge is 2.29.